The number of hydrogen-bond donors (Lipinski definition) is 0. The quantitative estimate of drug-likeness (QED) is 0.728. The van der Waals surface area contributed by atoms with Crippen LogP contribution in [0.25, 0.3) is 0 Å². The molecule has 0 bridgehead atoms. The number of carbonyl (C=O) groups is 2. The van der Waals surface area contributed by atoms with Gasteiger partial charge in [0, 0.05) is 31.9 Å². The molecular formula is C13H23BrN2O2. The number of halogens is 1. The smallest absolute Gasteiger partial charge is 0.242 e. The number of carbonyl (C=O) groups excluding carboxylic acids is 2. The Kier molecular flexibility index (Phi) is 6.68. The van der Waals surface area contributed by atoms with E-state index in [4.69, 9.17) is 0 Å². The molecule has 104 valence electrons. The van der Waals surface area contributed by atoms with Gasteiger partial charge in [0.25, 0.3) is 0 Å². The highest BCUT2D eigenvalue weighted by atomic mass is 79.9. The van der Waals surface area contributed by atoms with E-state index in [1.807, 2.05) is 11.9 Å². The fourth-order valence-electron chi connectivity index (χ4n) is 2.35. The van der Waals surface area contributed by atoms with Crippen molar-refractivity contribution in [1.82, 2.24) is 9.80 Å². The highest BCUT2D eigenvalue weighted by molar-refractivity contribution is 9.09. The van der Waals surface area contributed by atoms with Crippen LogP contribution in [0.5, 0.6) is 0 Å². The van der Waals surface area contributed by atoms with Gasteiger partial charge in [-0.3, -0.25) is 9.59 Å². The van der Waals surface area contributed by atoms with E-state index in [0.717, 1.165) is 12.8 Å². The van der Waals surface area contributed by atoms with Crippen LogP contribution >= 0.6 is 15.9 Å². The summed E-state index contributed by atoms with van der Waals surface area (Å²) in [7, 11) is 3.55. The summed E-state index contributed by atoms with van der Waals surface area (Å²) in [5.74, 6) is 0.0598. The van der Waals surface area contributed by atoms with E-state index >= 15 is 0 Å². The monoisotopic (exact) mass is 318 g/mol. The molecule has 0 N–H and O–H groups in total. The number of likely N-dealkylation sites (N-methyl/N-ethyl adjacent to an activating group) is 2. The molecule has 0 unspecified atom stereocenters. The predicted molar refractivity (Wildman–Crippen MR) is 75.7 cm³/mol. The van der Waals surface area contributed by atoms with E-state index in [-0.39, 0.29) is 18.4 Å². The molecule has 0 saturated heterocycles. The number of alkyl halides is 1. The predicted octanol–water partition coefficient (Wildman–Crippen LogP) is 2.02. The van der Waals surface area contributed by atoms with Gasteiger partial charge in [0.2, 0.25) is 11.8 Å². The van der Waals surface area contributed by atoms with E-state index < -0.39 is 0 Å². The van der Waals surface area contributed by atoms with Crippen LogP contribution in [-0.4, -0.2) is 53.6 Å². The molecule has 18 heavy (non-hydrogen) atoms. The molecule has 4 nitrogen and oxygen atoms in total. The fourth-order valence-corrected chi connectivity index (χ4v) is 2.69. The highest BCUT2D eigenvalue weighted by Gasteiger charge is 2.23. The molecule has 1 saturated carbocycles. The Balaban J connectivity index is 2.41. The van der Waals surface area contributed by atoms with Crippen molar-refractivity contribution in [3.05, 3.63) is 0 Å². The minimum atomic E-state index is 0.0114. The zero-order valence-corrected chi connectivity index (χ0v) is 12.9. The Hall–Kier alpha value is -0.580. The molecule has 1 rings (SSSR count). The Morgan fingerprint density at radius 1 is 1.11 bits per heavy atom. The van der Waals surface area contributed by atoms with Crippen molar-refractivity contribution in [2.45, 2.75) is 44.6 Å². The van der Waals surface area contributed by atoms with Gasteiger partial charge in [0.1, 0.15) is 0 Å². The van der Waals surface area contributed by atoms with Gasteiger partial charge in [-0.15, -0.1) is 0 Å². The highest BCUT2D eigenvalue weighted by Crippen LogP contribution is 2.21. The van der Waals surface area contributed by atoms with Crippen molar-refractivity contribution < 1.29 is 9.59 Å². The van der Waals surface area contributed by atoms with Gasteiger partial charge in [-0.2, -0.15) is 0 Å². The van der Waals surface area contributed by atoms with Gasteiger partial charge in [-0.05, 0) is 12.8 Å². The first kappa shape index (κ1) is 15.5. The normalized spacial score (nSPS) is 16.4. The maximum Gasteiger partial charge on any atom is 0.242 e. The van der Waals surface area contributed by atoms with Crippen LogP contribution in [0.15, 0.2) is 0 Å². The van der Waals surface area contributed by atoms with Crippen molar-refractivity contribution in [3.63, 3.8) is 0 Å². The van der Waals surface area contributed by atoms with Crippen molar-refractivity contribution in [2.24, 2.45) is 0 Å². The third kappa shape index (κ3) is 4.59. The number of rotatable bonds is 5. The average molecular weight is 319 g/mol. The molecule has 0 aliphatic heterocycles. The fraction of sp³-hybridized carbons (Fsp3) is 0.846. The van der Waals surface area contributed by atoms with Crippen LogP contribution in [0.2, 0.25) is 0 Å². The van der Waals surface area contributed by atoms with Crippen LogP contribution in [0.4, 0.5) is 0 Å². The van der Waals surface area contributed by atoms with Crippen LogP contribution < -0.4 is 0 Å². The van der Waals surface area contributed by atoms with Gasteiger partial charge in [0.05, 0.1) is 6.54 Å². The second-order valence-corrected chi connectivity index (χ2v) is 5.78. The lowest BCUT2D eigenvalue weighted by atomic mass is 9.94. The molecule has 0 aromatic heterocycles. The largest absolute Gasteiger partial charge is 0.341 e. The average Bonchev–Trinajstić information content (AvgIpc) is 2.39. The first-order valence-electron chi connectivity index (χ1n) is 6.62. The summed E-state index contributed by atoms with van der Waals surface area (Å²) in [6, 6.07) is 0.367. The molecule has 1 fully saturated rings. The minimum Gasteiger partial charge on any atom is -0.341 e. The molecule has 0 radical (unpaired) electrons. The standard InChI is InChI=1S/C13H23BrN2O2/c1-15(12(17)8-9-14)10-13(18)16(2)11-6-4-3-5-7-11/h11H,3-10H2,1-2H3. The molecule has 0 atom stereocenters. The minimum absolute atomic E-state index is 0.0114. The lowest BCUT2D eigenvalue weighted by Gasteiger charge is -2.32. The zero-order chi connectivity index (χ0) is 13.5. The number of nitrogens with zero attached hydrogens (tertiary/aromatic N) is 2. The molecule has 0 aromatic carbocycles. The maximum absolute atomic E-state index is 12.1. The topological polar surface area (TPSA) is 40.6 Å². The van der Waals surface area contributed by atoms with Crippen molar-refractivity contribution >= 4 is 27.7 Å². The van der Waals surface area contributed by atoms with E-state index in [2.05, 4.69) is 15.9 Å². The first-order chi connectivity index (χ1) is 8.56. The molecule has 1 aliphatic carbocycles. The second kappa shape index (κ2) is 7.77. The van der Waals surface area contributed by atoms with Gasteiger partial charge < -0.3 is 9.80 Å². The third-order valence-electron chi connectivity index (χ3n) is 3.62. The molecule has 0 spiro atoms. The van der Waals surface area contributed by atoms with Crippen molar-refractivity contribution in [2.75, 3.05) is 26.0 Å². The van der Waals surface area contributed by atoms with Gasteiger partial charge in [-0.1, -0.05) is 35.2 Å². The molecule has 0 aromatic rings. The van der Waals surface area contributed by atoms with Crippen LogP contribution in [0, 0.1) is 0 Å². The molecular weight excluding hydrogens is 296 g/mol. The maximum atomic E-state index is 12.1. The summed E-state index contributed by atoms with van der Waals surface area (Å²) in [4.78, 5) is 27.0. The Labute approximate surface area is 118 Å². The molecule has 5 heteroatoms. The van der Waals surface area contributed by atoms with Crippen molar-refractivity contribution in [1.29, 1.82) is 0 Å². The number of hydrogen-bond acceptors (Lipinski definition) is 2. The zero-order valence-electron chi connectivity index (χ0n) is 11.3. The number of amides is 2. The van der Waals surface area contributed by atoms with E-state index in [1.54, 1.807) is 7.05 Å². The Morgan fingerprint density at radius 3 is 2.28 bits per heavy atom. The first-order valence-corrected chi connectivity index (χ1v) is 7.74. The lowest BCUT2D eigenvalue weighted by Crippen LogP contribution is -2.44. The second-order valence-electron chi connectivity index (χ2n) is 4.99. The molecule has 2 amide bonds. The van der Waals surface area contributed by atoms with E-state index in [9.17, 15) is 9.59 Å². The van der Waals surface area contributed by atoms with Gasteiger partial charge >= 0.3 is 0 Å². The summed E-state index contributed by atoms with van der Waals surface area (Å²) in [6.45, 7) is 0.193. The Bertz CT molecular complexity index is 291. The van der Waals surface area contributed by atoms with Crippen LogP contribution in [0.1, 0.15) is 38.5 Å². The van der Waals surface area contributed by atoms with Crippen LogP contribution in [-0.2, 0) is 9.59 Å². The molecule has 0 heterocycles. The summed E-state index contributed by atoms with van der Waals surface area (Å²) in [5, 5.41) is 0.642. The van der Waals surface area contributed by atoms with Crippen LogP contribution in [0.3, 0.4) is 0 Å². The summed E-state index contributed by atoms with van der Waals surface area (Å²) < 4.78 is 0. The van der Waals surface area contributed by atoms with E-state index in [1.165, 1.54) is 24.2 Å². The summed E-state index contributed by atoms with van der Waals surface area (Å²) in [5.41, 5.74) is 0. The SMILES string of the molecule is CN(CC(=O)N(C)C1CCCCC1)C(=O)CCBr. The Morgan fingerprint density at radius 2 is 1.72 bits per heavy atom. The summed E-state index contributed by atoms with van der Waals surface area (Å²) >= 11 is 3.23. The van der Waals surface area contributed by atoms with E-state index in [0.29, 0.717) is 17.8 Å². The van der Waals surface area contributed by atoms with Gasteiger partial charge in [-0.25, -0.2) is 0 Å². The molecule has 1 aliphatic rings. The van der Waals surface area contributed by atoms with Gasteiger partial charge in [0.15, 0.2) is 0 Å². The summed E-state index contributed by atoms with van der Waals surface area (Å²) in [6.07, 6.45) is 6.34. The third-order valence-corrected chi connectivity index (χ3v) is 4.02. The van der Waals surface area contributed by atoms with Crippen molar-refractivity contribution in [3.8, 4) is 0 Å². The lowest BCUT2D eigenvalue weighted by molar-refractivity contribution is -0.140.